The second-order valence-electron chi connectivity index (χ2n) is 2.78. The molecule has 5 nitrogen and oxygen atoms in total. The van der Waals surface area contributed by atoms with E-state index in [0.29, 0.717) is 6.61 Å². The van der Waals surface area contributed by atoms with Crippen molar-refractivity contribution in [1.29, 1.82) is 0 Å². The summed E-state index contributed by atoms with van der Waals surface area (Å²) in [5.74, 6) is -0.356. The molecule has 0 aliphatic heterocycles. The molecular weight excluding hydrogens is 226 g/mol. The lowest BCUT2D eigenvalue weighted by molar-refractivity contribution is -0.145. The number of esters is 1. The van der Waals surface area contributed by atoms with E-state index in [1.54, 1.807) is 20.8 Å². The molecule has 0 rings (SSSR count). The zero-order valence-corrected chi connectivity index (χ0v) is 9.87. The largest absolute Gasteiger partial charge is 0.465 e. The van der Waals surface area contributed by atoms with Crippen molar-refractivity contribution in [1.82, 2.24) is 0 Å². The van der Waals surface area contributed by atoms with E-state index in [1.165, 1.54) is 0 Å². The van der Waals surface area contributed by atoms with Gasteiger partial charge in [0.15, 0.2) is 0 Å². The highest BCUT2D eigenvalue weighted by molar-refractivity contribution is 8.75. The zero-order chi connectivity index (χ0) is 11.2. The first-order valence-corrected chi connectivity index (χ1v) is 5.96. The van der Waals surface area contributed by atoms with E-state index in [4.69, 9.17) is 10.5 Å². The molecule has 2 N–H and O–H groups in total. The molecule has 7 heteroatoms. The molecule has 0 aromatic heterocycles. The van der Waals surface area contributed by atoms with Gasteiger partial charge < -0.3 is 14.7 Å². The van der Waals surface area contributed by atoms with E-state index in [2.05, 4.69) is 4.18 Å². The fraction of sp³-hybridized carbons (Fsp3) is 0.714. The van der Waals surface area contributed by atoms with Gasteiger partial charge in [-0.1, -0.05) is 0 Å². The van der Waals surface area contributed by atoms with Gasteiger partial charge in [-0.15, -0.1) is 0 Å². The summed E-state index contributed by atoms with van der Waals surface area (Å²) in [6.45, 7) is 5.40. The third kappa shape index (κ3) is 5.23. The number of rotatable bonds is 5. The Morgan fingerprint density at radius 1 is 1.43 bits per heavy atom. The smallest absolute Gasteiger partial charge is 0.417 e. The van der Waals surface area contributed by atoms with Gasteiger partial charge in [0.25, 0.3) is 0 Å². The SMILES string of the molecule is CCOC(=O)C(C)(C)SSOC(N)=O. The second kappa shape index (κ2) is 6.02. The van der Waals surface area contributed by atoms with Gasteiger partial charge in [0, 0.05) is 0 Å². The van der Waals surface area contributed by atoms with E-state index in [0.717, 1.165) is 21.9 Å². The lowest BCUT2D eigenvalue weighted by atomic mass is 10.2. The van der Waals surface area contributed by atoms with Gasteiger partial charge in [0.1, 0.15) is 15.8 Å². The molecule has 0 spiro atoms. The van der Waals surface area contributed by atoms with Crippen LogP contribution in [0.5, 0.6) is 0 Å². The van der Waals surface area contributed by atoms with Crippen molar-refractivity contribution in [3.63, 3.8) is 0 Å². The summed E-state index contributed by atoms with van der Waals surface area (Å²) in [5, 5.41) is 0. The van der Waals surface area contributed by atoms with Crippen molar-refractivity contribution < 1.29 is 18.5 Å². The highest BCUT2D eigenvalue weighted by Crippen LogP contribution is 2.36. The lowest BCUT2D eigenvalue weighted by Crippen LogP contribution is -2.29. The number of hydrogen-bond donors (Lipinski definition) is 1. The number of primary amides is 1. The van der Waals surface area contributed by atoms with Crippen LogP contribution in [0.3, 0.4) is 0 Å². The van der Waals surface area contributed by atoms with Crippen LogP contribution in [-0.4, -0.2) is 23.4 Å². The summed E-state index contributed by atoms with van der Waals surface area (Å²) in [4.78, 5) is 21.5. The van der Waals surface area contributed by atoms with Gasteiger partial charge in [0.2, 0.25) is 0 Å². The molecule has 82 valence electrons. The topological polar surface area (TPSA) is 78.6 Å². The molecule has 0 saturated carbocycles. The maximum absolute atomic E-state index is 11.3. The van der Waals surface area contributed by atoms with Crippen LogP contribution in [0, 0.1) is 0 Å². The molecule has 0 fully saturated rings. The highest BCUT2D eigenvalue weighted by Gasteiger charge is 2.31. The van der Waals surface area contributed by atoms with Crippen LogP contribution in [0.15, 0.2) is 0 Å². The Kier molecular flexibility index (Phi) is 5.78. The Balaban J connectivity index is 3.93. The second-order valence-corrected chi connectivity index (χ2v) is 5.18. The first-order chi connectivity index (χ1) is 6.40. The Morgan fingerprint density at radius 2 is 2.00 bits per heavy atom. The van der Waals surface area contributed by atoms with Gasteiger partial charge in [0.05, 0.1) is 6.61 Å². The predicted molar refractivity (Wildman–Crippen MR) is 56.6 cm³/mol. The van der Waals surface area contributed by atoms with Gasteiger partial charge in [-0.2, -0.15) is 0 Å². The third-order valence-electron chi connectivity index (χ3n) is 1.13. The van der Waals surface area contributed by atoms with E-state index < -0.39 is 10.8 Å². The minimum atomic E-state index is -0.887. The van der Waals surface area contributed by atoms with Crippen LogP contribution in [0.25, 0.3) is 0 Å². The zero-order valence-electron chi connectivity index (χ0n) is 8.23. The molecular formula is C7H13NO4S2. The molecule has 0 atom stereocenters. The molecule has 0 heterocycles. The number of carbonyl (C=O) groups excluding carboxylic acids is 2. The summed E-state index contributed by atoms with van der Waals surface area (Å²) in [6.07, 6.45) is -0.887. The molecule has 0 aliphatic rings. The molecule has 0 unspecified atom stereocenters. The summed E-state index contributed by atoms with van der Waals surface area (Å²) in [7, 11) is 1.07. The summed E-state index contributed by atoms with van der Waals surface area (Å²) < 4.78 is 8.47. The van der Waals surface area contributed by atoms with Gasteiger partial charge in [-0.25, -0.2) is 4.79 Å². The Hall–Kier alpha value is -0.560. The number of hydrogen-bond acceptors (Lipinski definition) is 6. The summed E-state index contributed by atoms with van der Waals surface area (Å²) in [5.41, 5.74) is 4.75. The molecule has 0 aliphatic carbocycles. The molecule has 0 aromatic rings. The number of nitrogens with two attached hydrogens (primary N) is 1. The van der Waals surface area contributed by atoms with Crippen molar-refractivity contribution in [3.05, 3.63) is 0 Å². The Bertz CT molecular complexity index is 220. The molecule has 14 heavy (non-hydrogen) atoms. The normalized spacial score (nSPS) is 10.8. The first kappa shape index (κ1) is 13.4. The average Bonchev–Trinajstić information content (AvgIpc) is 2.03. The van der Waals surface area contributed by atoms with Crippen molar-refractivity contribution in [3.8, 4) is 0 Å². The lowest BCUT2D eigenvalue weighted by Gasteiger charge is -2.19. The molecule has 0 aromatic carbocycles. The maximum atomic E-state index is 11.3. The summed E-state index contributed by atoms with van der Waals surface area (Å²) in [6, 6.07) is 0. The van der Waals surface area contributed by atoms with Gasteiger partial charge in [-0.05, 0) is 31.6 Å². The molecule has 0 radical (unpaired) electrons. The van der Waals surface area contributed by atoms with Crippen molar-refractivity contribution in [2.75, 3.05) is 6.61 Å². The van der Waals surface area contributed by atoms with Crippen LogP contribution in [0.1, 0.15) is 20.8 Å². The van der Waals surface area contributed by atoms with Gasteiger partial charge >= 0.3 is 12.1 Å². The number of carbonyl (C=O) groups is 2. The van der Waals surface area contributed by atoms with E-state index >= 15 is 0 Å². The van der Waals surface area contributed by atoms with E-state index in [-0.39, 0.29) is 5.97 Å². The van der Waals surface area contributed by atoms with Crippen LogP contribution < -0.4 is 5.73 Å². The van der Waals surface area contributed by atoms with Crippen molar-refractivity contribution in [2.45, 2.75) is 25.5 Å². The monoisotopic (exact) mass is 239 g/mol. The van der Waals surface area contributed by atoms with Crippen LogP contribution >= 0.6 is 21.9 Å². The fourth-order valence-corrected chi connectivity index (χ4v) is 1.89. The molecule has 1 amide bonds. The first-order valence-electron chi connectivity index (χ1n) is 3.89. The van der Waals surface area contributed by atoms with E-state index in [9.17, 15) is 9.59 Å². The Labute approximate surface area is 90.7 Å². The number of ether oxygens (including phenoxy) is 1. The predicted octanol–water partition coefficient (Wildman–Crippen LogP) is 1.72. The van der Waals surface area contributed by atoms with Crippen LogP contribution in [0.2, 0.25) is 0 Å². The third-order valence-corrected chi connectivity index (χ3v) is 3.67. The minimum absolute atomic E-state index is 0.324. The Morgan fingerprint density at radius 3 is 2.43 bits per heavy atom. The number of amides is 1. The maximum Gasteiger partial charge on any atom is 0.417 e. The van der Waals surface area contributed by atoms with Gasteiger partial charge in [-0.3, -0.25) is 4.79 Å². The minimum Gasteiger partial charge on any atom is -0.465 e. The molecule has 0 saturated heterocycles. The quantitative estimate of drug-likeness (QED) is 0.447. The standard InChI is InChI=1S/C7H13NO4S2/c1-4-11-5(9)7(2,3)13-14-12-6(8)10/h4H2,1-3H3,(H2,8,10). The van der Waals surface area contributed by atoms with Crippen LogP contribution in [-0.2, 0) is 13.7 Å². The summed E-state index contributed by atoms with van der Waals surface area (Å²) >= 11 is 0.764. The van der Waals surface area contributed by atoms with Crippen molar-refractivity contribution in [2.24, 2.45) is 5.73 Å². The van der Waals surface area contributed by atoms with E-state index in [1.807, 2.05) is 0 Å². The fourth-order valence-electron chi connectivity index (χ4n) is 0.475. The van der Waals surface area contributed by atoms with Crippen LogP contribution in [0.4, 0.5) is 4.79 Å². The molecule has 0 bridgehead atoms. The average molecular weight is 239 g/mol. The van der Waals surface area contributed by atoms with Crippen molar-refractivity contribution >= 4 is 33.9 Å². The highest BCUT2D eigenvalue weighted by atomic mass is 33.1.